The minimum atomic E-state index is -0.707. The summed E-state index contributed by atoms with van der Waals surface area (Å²) in [6.07, 6.45) is 8.01. The van der Waals surface area contributed by atoms with Crippen molar-refractivity contribution >= 4 is 40.1 Å². The van der Waals surface area contributed by atoms with Crippen LogP contribution in [0, 0.1) is 5.92 Å². The van der Waals surface area contributed by atoms with E-state index < -0.39 is 11.9 Å². The number of allylic oxidation sites excluding steroid dienone is 4. The van der Waals surface area contributed by atoms with Gasteiger partial charge in [0.1, 0.15) is 5.57 Å². The fourth-order valence-corrected chi connectivity index (χ4v) is 3.77. The van der Waals surface area contributed by atoms with Gasteiger partial charge in [0.15, 0.2) is 0 Å². The van der Waals surface area contributed by atoms with E-state index in [1.807, 2.05) is 30.5 Å². The SMILES string of the molecule is COC(=O)C1=C(NCCc2c[nH]c3ccccc23)C2C=CC=C(Cl)C2=NC1=O. The maximum atomic E-state index is 12.5. The number of hydrogen-bond donors (Lipinski definition) is 2. The van der Waals surface area contributed by atoms with Crippen LogP contribution in [0.1, 0.15) is 5.56 Å². The zero-order chi connectivity index (χ0) is 19.7. The standard InChI is InChI=1S/C21H18ClN3O3/c1-28-21(27)17-19(14-6-4-7-15(22)18(14)25-20(17)26)23-10-9-12-11-24-16-8-3-2-5-13(12)16/h2-8,11,14,23-24H,9-10H2,1H3. The fourth-order valence-electron chi connectivity index (χ4n) is 3.54. The average Bonchev–Trinajstić information content (AvgIpc) is 3.11. The van der Waals surface area contributed by atoms with Crippen LogP contribution in [0.2, 0.25) is 0 Å². The number of para-hydroxylation sites is 1. The summed E-state index contributed by atoms with van der Waals surface area (Å²) in [5, 5.41) is 4.81. The van der Waals surface area contributed by atoms with Gasteiger partial charge in [0.25, 0.3) is 5.91 Å². The predicted octanol–water partition coefficient (Wildman–Crippen LogP) is 3.02. The number of nitrogens with zero attached hydrogens (tertiary/aromatic N) is 1. The number of carbonyl (C=O) groups is 2. The lowest BCUT2D eigenvalue weighted by Crippen LogP contribution is -2.36. The summed E-state index contributed by atoms with van der Waals surface area (Å²) in [6, 6.07) is 8.06. The second-order valence-electron chi connectivity index (χ2n) is 6.50. The lowest BCUT2D eigenvalue weighted by atomic mass is 9.88. The van der Waals surface area contributed by atoms with E-state index in [0.717, 1.165) is 16.5 Å². The third-order valence-corrected chi connectivity index (χ3v) is 5.20. The van der Waals surface area contributed by atoms with Gasteiger partial charge in [-0.3, -0.25) is 4.79 Å². The highest BCUT2D eigenvalue weighted by Crippen LogP contribution is 2.31. The number of hydrogen-bond acceptors (Lipinski definition) is 4. The van der Waals surface area contributed by atoms with Gasteiger partial charge in [-0.2, -0.15) is 0 Å². The largest absolute Gasteiger partial charge is 0.465 e. The monoisotopic (exact) mass is 395 g/mol. The summed E-state index contributed by atoms with van der Waals surface area (Å²) in [5.74, 6) is -1.73. The van der Waals surface area contributed by atoms with Gasteiger partial charge in [0.2, 0.25) is 0 Å². The average molecular weight is 396 g/mol. The quantitative estimate of drug-likeness (QED) is 0.602. The first-order chi connectivity index (χ1) is 13.6. The topological polar surface area (TPSA) is 83.5 Å². The van der Waals surface area contributed by atoms with E-state index in [4.69, 9.17) is 16.3 Å². The van der Waals surface area contributed by atoms with Crippen LogP contribution in [0.5, 0.6) is 0 Å². The van der Waals surface area contributed by atoms with Crippen LogP contribution in [-0.2, 0) is 20.7 Å². The molecule has 1 amide bonds. The molecule has 6 nitrogen and oxygen atoms in total. The van der Waals surface area contributed by atoms with Crippen LogP contribution in [-0.4, -0.2) is 36.2 Å². The zero-order valence-electron chi connectivity index (χ0n) is 15.2. The zero-order valence-corrected chi connectivity index (χ0v) is 15.9. The van der Waals surface area contributed by atoms with E-state index in [1.54, 1.807) is 12.2 Å². The Labute approximate surface area is 166 Å². The third-order valence-electron chi connectivity index (χ3n) is 4.88. The molecule has 0 saturated heterocycles. The molecule has 1 aromatic carbocycles. The Morgan fingerprint density at radius 3 is 3.00 bits per heavy atom. The molecular formula is C21H18ClN3O3. The number of aliphatic imine (C=N–C) groups is 1. The molecule has 2 aromatic rings. The number of H-pyrrole nitrogens is 1. The molecule has 1 aliphatic heterocycles. The molecule has 4 rings (SSSR count). The van der Waals surface area contributed by atoms with Crippen LogP contribution in [0.15, 0.2) is 70.0 Å². The molecule has 2 heterocycles. The van der Waals surface area contributed by atoms with Gasteiger partial charge in [-0.15, -0.1) is 0 Å². The lowest BCUT2D eigenvalue weighted by Gasteiger charge is -2.27. The highest BCUT2D eigenvalue weighted by atomic mass is 35.5. The van der Waals surface area contributed by atoms with Crippen molar-refractivity contribution in [1.29, 1.82) is 0 Å². The summed E-state index contributed by atoms with van der Waals surface area (Å²) in [5.41, 5.74) is 3.06. The number of dihydropyridines is 1. The van der Waals surface area contributed by atoms with Gasteiger partial charge >= 0.3 is 5.97 Å². The van der Waals surface area contributed by atoms with Gasteiger partial charge in [0.05, 0.1) is 23.8 Å². The van der Waals surface area contributed by atoms with E-state index in [0.29, 0.717) is 29.4 Å². The number of amides is 1. The number of benzene rings is 1. The van der Waals surface area contributed by atoms with Gasteiger partial charge in [-0.05, 0) is 24.1 Å². The van der Waals surface area contributed by atoms with Gasteiger partial charge in [0, 0.05) is 29.3 Å². The molecule has 2 aliphatic rings. The van der Waals surface area contributed by atoms with Crippen molar-refractivity contribution in [2.24, 2.45) is 10.9 Å². The Bertz CT molecular complexity index is 1090. The molecule has 0 radical (unpaired) electrons. The lowest BCUT2D eigenvalue weighted by molar-refractivity contribution is -0.137. The molecule has 1 aliphatic carbocycles. The Hall–Kier alpha value is -3.12. The van der Waals surface area contributed by atoms with Crippen LogP contribution < -0.4 is 5.32 Å². The molecule has 1 atom stereocenters. The number of aromatic nitrogens is 1. The van der Waals surface area contributed by atoms with Crippen LogP contribution >= 0.6 is 11.6 Å². The van der Waals surface area contributed by atoms with Crippen molar-refractivity contribution < 1.29 is 14.3 Å². The summed E-state index contributed by atoms with van der Waals surface area (Å²) in [7, 11) is 1.25. The number of nitrogens with one attached hydrogen (secondary N) is 2. The highest BCUT2D eigenvalue weighted by Gasteiger charge is 2.36. The van der Waals surface area contributed by atoms with Crippen molar-refractivity contribution in [3.63, 3.8) is 0 Å². The first-order valence-electron chi connectivity index (χ1n) is 8.88. The number of rotatable bonds is 5. The third kappa shape index (κ3) is 3.16. The number of halogens is 1. The van der Waals surface area contributed by atoms with E-state index in [9.17, 15) is 9.59 Å². The molecule has 7 heteroatoms. The van der Waals surface area contributed by atoms with E-state index in [2.05, 4.69) is 21.4 Å². The van der Waals surface area contributed by atoms with Crippen molar-refractivity contribution in [2.75, 3.05) is 13.7 Å². The summed E-state index contributed by atoms with van der Waals surface area (Å²) in [6.45, 7) is 0.532. The maximum absolute atomic E-state index is 12.5. The molecule has 0 bridgehead atoms. The Morgan fingerprint density at radius 1 is 1.36 bits per heavy atom. The molecule has 28 heavy (non-hydrogen) atoms. The van der Waals surface area contributed by atoms with Gasteiger partial charge in [-0.1, -0.05) is 42.0 Å². The Morgan fingerprint density at radius 2 is 2.18 bits per heavy atom. The molecule has 1 unspecified atom stereocenters. The maximum Gasteiger partial charge on any atom is 0.345 e. The number of ether oxygens (including phenoxy) is 1. The van der Waals surface area contributed by atoms with Crippen molar-refractivity contribution in [3.05, 3.63) is 70.6 Å². The smallest absolute Gasteiger partial charge is 0.345 e. The highest BCUT2D eigenvalue weighted by molar-refractivity contribution is 6.46. The Balaban J connectivity index is 1.60. The summed E-state index contributed by atoms with van der Waals surface area (Å²) < 4.78 is 4.80. The summed E-state index contributed by atoms with van der Waals surface area (Å²) in [4.78, 5) is 31.9. The number of aromatic amines is 1. The van der Waals surface area contributed by atoms with Crippen molar-refractivity contribution in [3.8, 4) is 0 Å². The van der Waals surface area contributed by atoms with Gasteiger partial charge in [-0.25, -0.2) is 9.79 Å². The van der Waals surface area contributed by atoms with Gasteiger partial charge < -0.3 is 15.0 Å². The summed E-state index contributed by atoms with van der Waals surface area (Å²) >= 11 is 6.22. The van der Waals surface area contributed by atoms with E-state index in [-0.39, 0.29) is 11.5 Å². The first kappa shape index (κ1) is 18.3. The molecule has 2 N–H and O–H groups in total. The van der Waals surface area contributed by atoms with Crippen molar-refractivity contribution in [2.45, 2.75) is 6.42 Å². The number of esters is 1. The second kappa shape index (κ2) is 7.48. The van der Waals surface area contributed by atoms with Crippen molar-refractivity contribution in [1.82, 2.24) is 10.3 Å². The molecule has 142 valence electrons. The molecular weight excluding hydrogens is 378 g/mol. The molecule has 0 fully saturated rings. The minimum Gasteiger partial charge on any atom is -0.465 e. The number of carbonyl (C=O) groups excluding carboxylic acids is 2. The van der Waals surface area contributed by atoms with E-state index >= 15 is 0 Å². The first-order valence-corrected chi connectivity index (χ1v) is 9.26. The molecule has 0 saturated carbocycles. The fraction of sp³-hybridized carbons (Fsp3) is 0.190. The van der Waals surface area contributed by atoms with Crippen LogP contribution in [0.25, 0.3) is 10.9 Å². The van der Waals surface area contributed by atoms with Crippen LogP contribution in [0.4, 0.5) is 0 Å². The number of methoxy groups -OCH3 is 1. The Kier molecular flexibility index (Phi) is 4.88. The van der Waals surface area contributed by atoms with Crippen LogP contribution in [0.3, 0.4) is 0 Å². The molecule has 0 spiro atoms. The molecule has 1 aromatic heterocycles. The predicted molar refractivity (Wildman–Crippen MR) is 108 cm³/mol. The minimum absolute atomic E-state index is 0.0776. The van der Waals surface area contributed by atoms with E-state index in [1.165, 1.54) is 7.11 Å². The second-order valence-corrected chi connectivity index (χ2v) is 6.90. The number of fused-ring (bicyclic) bond motifs is 2. The normalized spacial score (nSPS) is 18.6.